The summed E-state index contributed by atoms with van der Waals surface area (Å²) in [7, 11) is 0. The molecule has 2 N–H and O–H groups in total. The topological polar surface area (TPSA) is 26.0 Å². The van der Waals surface area contributed by atoms with E-state index in [2.05, 4.69) is 6.07 Å². The SMILES string of the molecule is NCc1cc[c-]cc1.[CH3-].[Mg+2]. The van der Waals surface area contributed by atoms with Crippen molar-refractivity contribution >= 4 is 23.1 Å². The largest absolute Gasteiger partial charge is 2.00 e. The summed E-state index contributed by atoms with van der Waals surface area (Å²) in [5, 5.41) is 0. The quantitative estimate of drug-likeness (QED) is 0.463. The van der Waals surface area contributed by atoms with Crippen LogP contribution in [0, 0.1) is 13.5 Å². The Hall–Kier alpha value is -0.0538. The van der Waals surface area contributed by atoms with Gasteiger partial charge in [0, 0.05) is 0 Å². The maximum Gasteiger partial charge on any atom is 2.00 e. The van der Waals surface area contributed by atoms with Crippen LogP contribution in [-0.4, -0.2) is 23.1 Å². The minimum absolute atomic E-state index is 0. The van der Waals surface area contributed by atoms with E-state index in [1.807, 2.05) is 24.3 Å². The Bertz CT molecular complexity index is 151. The van der Waals surface area contributed by atoms with Crippen molar-refractivity contribution in [3.63, 3.8) is 0 Å². The van der Waals surface area contributed by atoms with Gasteiger partial charge in [-0.3, -0.25) is 0 Å². The zero-order valence-corrected chi connectivity index (χ0v) is 7.72. The molecular weight excluding hydrogens is 134 g/mol. The van der Waals surface area contributed by atoms with E-state index in [1.165, 1.54) is 0 Å². The molecule has 0 radical (unpaired) electrons. The molecular formula is C8H11MgN. The molecule has 0 saturated carbocycles. The average molecular weight is 145 g/mol. The van der Waals surface area contributed by atoms with Crippen molar-refractivity contribution in [2.24, 2.45) is 5.73 Å². The summed E-state index contributed by atoms with van der Waals surface area (Å²) in [6.07, 6.45) is 0. The number of hydrogen-bond donors (Lipinski definition) is 1. The van der Waals surface area contributed by atoms with Crippen molar-refractivity contribution in [3.05, 3.63) is 43.3 Å². The van der Waals surface area contributed by atoms with E-state index in [4.69, 9.17) is 5.73 Å². The van der Waals surface area contributed by atoms with Gasteiger partial charge in [-0.15, -0.1) is 5.56 Å². The maximum absolute atomic E-state index is 5.34. The summed E-state index contributed by atoms with van der Waals surface area (Å²) >= 11 is 0. The Morgan fingerprint density at radius 3 is 2.10 bits per heavy atom. The third-order valence-electron chi connectivity index (χ3n) is 1.02. The number of rotatable bonds is 1. The number of benzene rings is 1. The van der Waals surface area contributed by atoms with Crippen molar-refractivity contribution in [1.82, 2.24) is 0 Å². The minimum Gasteiger partial charge on any atom is -0.358 e. The van der Waals surface area contributed by atoms with E-state index in [0.717, 1.165) is 5.56 Å². The average Bonchev–Trinajstić information content (AvgIpc) is 1.90. The molecule has 0 bridgehead atoms. The Morgan fingerprint density at radius 2 is 1.80 bits per heavy atom. The zero-order chi connectivity index (χ0) is 5.82. The molecule has 0 heterocycles. The van der Waals surface area contributed by atoms with Gasteiger partial charge >= 0.3 is 23.1 Å². The van der Waals surface area contributed by atoms with E-state index in [9.17, 15) is 0 Å². The molecule has 10 heavy (non-hydrogen) atoms. The number of nitrogens with two attached hydrogens (primary N) is 1. The molecule has 1 aromatic carbocycles. The first kappa shape index (κ1) is 12.6. The molecule has 50 valence electrons. The van der Waals surface area contributed by atoms with Crippen LogP contribution in [0.15, 0.2) is 24.3 Å². The second-order valence-corrected chi connectivity index (χ2v) is 1.61. The summed E-state index contributed by atoms with van der Waals surface area (Å²) in [6.45, 7) is 0.620. The summed E-state index contributed by atoms with van der Waals surface area (Å²) in [5.41, 5.74) is 6.49. The van der Waals surface area contributed by atoms with Gasteiger partial charge in [-0.1, -0.05) is 0 Å². The van der Waals surface area contributed by atoms with Crippen LogP contribution < -0.4 is 5.73 Å². The smallest absolute Gasteiger partial charge is 0.358 e. The van der Waals surface area contributed by atoms with Crippen LogP contribution in [-0.2, 0) is 6.54 Å². The van der Waals surface area contributed by atoms with Crippen LogP contribution in [0.25, 0.3) is 0 Å². The summed E-state index contributed by atoms with van der Waals surface area (Å²) in [5.74, 6) is 0. The molecule has 1 aromatic rings. The van der Waals surface area contributed by atoms with Crippen LogP contribution in [0.4, 0.5) is 0 Å². The summed E-state index contributed by atoms with van der Waals surface area (Å²) in [6, 6.07) is 10.6. The van der Waals surface area contributed by atoms with Crippen LogP contribution in [0.5, 0.6) is 0 Å². The molecule has 0 fully saturated rings. The maximum atomic E-state index is 5.34. The third kappa shape index (κ3) is 3.88. The second-order valence-electron chi connectivity index (χ2n) is 1.61. The molecule has 2 heteroatoms. The van der Waals surface area contributed by atoms with Gasteiger partial charge in [0.2, 0.25) is 0 Å². The van der Waals surface area contributed by atoms with Gasteiger partial charge in [-0.25, -0.2) is 0 Å². The van der Waals surface area contributed by atoms with Crippen molar-refractivity contribution in [2.75, 3.05) is 0 Å². The van der Waals surface area contributed by atoms with Crippen LogP contribution in [0.3, 0.4) is 0 Å². The van der Waals surface area contributed by atoms with Crippen molar-refractivity contribution in [1.29, 1.82) is 0 Å². The Balaban J connectivity index is 0. The molecule has 0 aliphatic rings. The zero-order valence-electron chi connectivity index (χ0n) is 6.30. The molecule has 1 nitrogen and oxygen atoms in total. The van der Waals surface area contributed by atoms with Gasteiger partial charge in [-0.05, 0) is 6.54 Å². The molecule has 0 aromatic heterocycles. The molecule has 1 rings (SSSR count). The van der Waals surface area contributed by atoms with Crippen LogP contribution in [0.1, 0.15) is 5.56 Å². The molecule has 0 aliphatic heterocycles. The van der Waals surface area contributed by atoms with E-state index in [1.54, 1.807) is 0 Å². The predicted octanol–water partition coefficient (Wildman–Crippen LogP) is 1.01. The monoisotopic (exact) mass is 145 g/mol. The van der Waals surface area contributed by atoms with E-state index >= 15 is 0 Å². The number of hydrogen-bond acceptors (Lipinski definition) is 1. The van der Waals surface area contributed by atoms with Crippen molar-refractivity contribution in [3.8, 4) is 0 Å². The Morgan fingerprint density at radius 1 is 1.30 bits per heavy atom. The fourth-order valence-corrected chi connectivity index (χ4v) is 0.557. The molecule has 0 unspecified atom stereocenters. The van der Waals surface area contributed by atoms with Gasteiger partial charge in [0.15, 0.2) is 0 Å². The molecule has 0 aliphatic carbocycles. The van der Waals surface area contributed by atoms with Crippen LogP contribution >= 0.6 is 0 Å². The molecule has 0 atom stereocenters. The molecule has 0 spiro atoms. The minimum atomic E-state index is 0. The summed E-state index contributed by atoms with van der Waals surface area (Å²) in [4.78, 5) is 0. The molecule has 0 saturated heterocycles. The van der Waals surface area contributed by atoms with Crippen molar-refractivity contribution < 1.29 is 0 Å². The van der Waals surface area contributed by atoms with Crippen molar-refractivity contribution in [2.45, 2.75) is 6.54 Å². The van der Waals surface area contributed by atoms with Crippen LogP contribution in [0.2, 0.25) is 0 Å². The normalized spacial score (nSPS) is 7.30. The van der Waals surface area contributed by atoms with Gasteiger partial charge in [0.1, 0.15) is 0 Å². The fourth-order valence-electron chi connectivity index (χ4n) is 0.557. The van der Waals surface area contributed by atoms with E-state index < -0.39 is 0 Å². The van der Waals surface area contributed by atoms with E-state index in [0.29, 0.717) is 6.54 Å². The summed E-state index contributed by atoms with van der Waals surface area (Å²) < 4.78 is 0. The Kier molecular flexibility index (Phi) is 8.90. The first-order valence-electron chi connectivity index (χ1n) is 2.58. The van der Waals surface area contributed by atoms with Gasteiger partial charge in [0.05, 0.1) is 0 Å². The standard InChI is InChI=1S/C7H8N.CH3.Mg/c8-6-7-4-2-1-3-5-7;;/h2-5H,6,8H2;1H3;/q2*-1;+2. The predicted molar refractivity (Wildman–Crippen MR) is 45.3 cm³/mol. The van der Waals surface area contributed by atoms with Gasteiger partial charge in [0.25, 0.3) is 0 Å². The van der Waals surface area contributed by atoms with Gasteiger partial charge in [-0.2, -0.15) is 30.3 Å². The first-order valence-corrected chi connectivity index (χ1v) is 2.58. The van der Waals surface area contributed by atoms with Gasteiger partial charge < -0.3 is 13.2 Å². The second kappa shape index (κ2) is 7.06. The molecule has 0 amide bonds. The third-order valence-corrected chi connectivity index (χ3v) is 1.02. The Labute approximate surface area is 78.8 Å². The van der Waals surface area contributed by atoms with E-state index in [-0.39, 0.29) is 30.5 Å². The first-order chi connectivity index (χ1) is 3.93. The fraction of sp³-hybridized carbons (Fsp3) is 0.125.